The van der Waals surface area contributed by atoms with Crippen LogP contribution in [-0.2, 0) is 24.6 Å². The Balaban J connectivity index is 3.16. The molecule has 0 fully saturated rings. The Labute approximate surface area is 119 Å². The fourth-order valence-corrected chi connectivity index (χ4v) is 4.85. The predicted octanol–water partition coefficient (Wildman–Crippen LogP) is 4.20. The van der Waals surface area contributed by atoms with Crippen LogP contribution in [0.2, 0.25) is 0 Å². The van der Waals surface area contributed by atoms with Crippen molar-refractivity contribution in [1.29, 1.82) is 0 Å². The van der Waals surface area contributed by atoms with Gasteiger partial charge < -0.3 is 9.79 Å². The van der Waals surface area contributed by atoms with E-state index in [2.05, 4.69) is 26.8 Å². The summed E-state index contributed by atoms with van der Waals surface area (Å²) in [5.41, 5.74) is 0.658. The average molecular weight is 304 g/mol. The van der Waals surface area contributed by atoms with Crippen molar-refractivity contribution in [3.63, 3.8) is 0 Å². The van der Waals surface area contributed by atoms with Gasteiger partial charge in [0.2, 0.25) is 5.69 Å². The molecular weight excluding hydrogens is 283 g/mol. The maximum absolute atomic E-state index is 9.43. The van der Waals surface area contributed by atoms with E-state index in [4.69, 9.17) is 11.8 Å². The second-order valence-corrected chi connectivity index (χ2v) is 10.3. The lowest BCUT2D eigenvalue weighted by Crippen LogP contribution is -1.99. The van der Waals surface area contributed by atoms with E-state index in [1.807, 2.05) is 6.07 Å². The molecule has 0 heterocycles. The van der Waals surface area contributed by atoms with Crippen LogP contribution in [0.15, 0.2) is 17.0 Å². The molecule has 18 heavy (non-hydrogen) atoms. The van der Waals surface area contributed by atoms with Gasteiger partial charge in [0.05, 0.1) is 0 Å². The highest BCUT2D eigenvalue weighted by Gasteiger charge is 2.15. The lowest BCUT2D eigenvalue weighted by Gasteiger charge is -2.16. The first-order chi connectivity index (χ1) is 8.39. The number of rotatable bonds is 6. The van der Waals surface area contributed by atoms with Crippen LogP contribution in [0.1, 0.15) is 43.4 Å². The van der Waals surface area contributed by atoms with Crippen molar-refractivity contribution < 1.29 is 9.79 Å². The Bertz CT molecular complexity index is 455. The minimum atomic E-state index is -3.23. The van der Waals surface area contributed by atoms with Gasteiger partial charge in [0.1, 0.15) is 0 Å². The quantitative estimate of drug-likeness (QED) is 0.773. The zero-order valence-corrected chi connectivity index (χ0v) is 13.7. The van der Waals surface area contributed by atoms with Gasteiger partial charge in [-0.3, -0.25) is 0 Å². The van der Waals surface area contributed by atoms with Crippen LogP contribution < -0.4 is 0 Å². The van der Waals surface area contributed by atoms with E-state index in [1.54, 1.807) is 0 Å². The van der Waals surface area contributed by atoms with Crippen molar-refractivity contribution in [2.24, 2.45) is 0 Å². The SMILES string of the molecule is CCCc1ccc(SP(O)(O)=S)c(C)c1CCC. The molecule has 0 unspecified atom stereocenters. The molecule has 0 saturated heterocycles. The molecule has 0 radical (unpaired) electrons. The van der Waals surface area contributed by atoms with E-state index in [0.29, 0.717) is 0 Å². The van der Waals surface area contributed by atoms with Gasteiger partial charge >= 0.3 is 0 Å². The molecule has 0 bridgehead atoms. The van der Waals surface area contributed by atoms with E-state index in [-0.39, 0.29) is 0 Å². The molecule has 5 heteroatoms. The van der Waals surface area contributed by atoms with Gasteiger partial charge in [-0.1, -0.05) is 32.8 Å². The average Bonchev–Trinajstić information content (AvgIpc) is 2.26. The standard InChI is InChI=1S/C13H21O2PS2/c1-4-6-11-8-9-13(18-16(14,15)17)10(3)12(11)7-5-2/h8-9H,4-7H2,1-3H3,(H2,14,15,17). The third kappa shape index (κ3) is 4.67. The van der Waals surface area contributed by atoms with Crippen LogP contribution >= 0.6 is 17.1 Å². The van der Waals surface area contributed by atoms with Crippen molar-refractivity contribution in [2.45, 2.75) is 51.3 Å². The lowest BCUT2D eigenvalue weighted by atomic mass is 9.95. The molecule has 0 spiro atoms. The fourth-order valence-electron chi connectivity index (χ4n) is 2.12. The van der Waals surface area contributed by atoms with Crippen LogP contribution in [0.4, 0.5) is 0 Å². The minimum absolute atomic E-state index is 0.909. The Hall–Kier alpha value is 0.140. The number of hydrogen-bond donors (Lipinski definition) is 2. The van der Waals surface area contributed by atoms with Crippen molar-refractivity contribution in [3.05, 3.63) is 28.8 Å². The van der Waals surface area contributed by atoms with Crippen LogP contribution in [0.5, 0.6) is 0 Å². The Morgan fingerprint density at radius 1 is 1.17 bits per heavy atom. The Morgan fingerprint density at radius 2 is 1.78 bits per heavy atom. The van der Waals surface area contributed by atoms with Gasteiger partial charge in [-0.15, -0.1) is 0 Å². The molecule has 2 nitrogen and oxygen atoms in total. The van der Waals surface area contributed by atoms with Crippen LogP contribution in [0.3, 0.4) is 0 Å². The summed E-state index contributed by atoms with van der Waals surface area (Å²) in [5, 5.41) is 0. The molecular formula is C13H21O2PS2. The zero-order valence-electron chi connectivity index (χ0n) is 11.1. The van der Waals surface area contributed by atoms with Gasteiger partial charge in [-0.2, -0.15) is 0 Å². The van der Waals surface area contributed by atoms with Gasteiger partial charge in [0.25, 0.3) is 0 Å². The highest BCUT2D eigenvalue weighted by molar-refractivity contribution is 8.67. The largest absolute Gasteiger partial charge is 0.337 e. The number of hydrogen-bond acceptors (Lipinski definition) is 2. The van der Waals surface area contributed by atoms with E-state index >= 15 is 0 Å². The van der Waals surface area contributed by atoms with E-state index < -0.39 is 5.69 Å². The topological polar surface area (TPSA) is 40.5 Å². The van der Waals surface area contributed by atoms with E-state index in [9.17, 15) is 9.79 Å². The molecule has 1 aromatic rings. The summed E-state index contributed by atoms with van der Waals surface area (Å²) in [4.78, 5) is 19.8. The van der Waals surface area contributed by atoms with Gasteiger partial charge in [-0.25, -0.2) is 0 Å². The predicted molar refractivity (Wildman–Crippen MR) is 83.7 cm³/mol. The molecule has 0 atom stereocenters. The first kappa shape index (κ1) is 16.2. The Kier molecular flexibility index (Phi) is 6.36. The summed E-state index contributed by atoms with van der Waals surface area (Å²) in [6.45, 7) is 6.39. The molecule has 0 aliphatic heterocycles. The molecule has 0 aromatic heterocycles. The maximum atomic E-state index is 9.43. The molecule has 0 aliphatic rings. The van der Waals surface area contributed by atoms with Gasteiger partial charge in [0, 0.05) is 4.90 Å². The summed E-state index contributed by atoms with van der Waals surface area (Å²) in [5.74, 6) is 0. The highest BCUT2D eigenvalue weighted by atomic mass is 32.9. The van der Waals surface area contributed by atoms with Crippen LogP contribution in [0.25, 0.3) is 0 Å². The van der Waals surface area contributed by atoms with Gasteiger partial charge in [0.15, 0.2) is 0 Å². The number of benzene rings is 1. The number of aryl methyl sites for hydroxylation is 1. The van der Waals surface area contributed by atoms with Gasteiger partial charge in [-0.05, 0) is 65.7 Å². The molecule has 102 valence electrons. The van der Waals surface area contributed by atoms with E-state index in [0.717, 1.165) is 47.5 Å². The van der Waals surface area contributed by atoms with Crippen molar-refractivity contribution in [2.75, 3.05) is 0 Å². The summed E-state index contributed by atoms with van der Waals surface area (Å²) in [6, 6.07) is 4.08. The lowest BCUT2D eigenvalue weighted by molar-refractivity contribution is 0.502. The second kappa shape index (κ2) is 7.06. The summed E-state index contributed by atoms with van der Waals surface area (Å²) in [6.07, 6.45) is 4.33. The van der Waals surface area contributed by atoms with Crippen molar-refractivity contribution in [1.82, 2.24) is 0 Å². The summed E-state index contributed by atoms with van der Waals surface area (Å²) < 4.78 is 0. The smallest absolute Gasteiger partial charge is 0.246 e. The first-order valence-corrected chi connectivity index (χ1v) is 10.4. The summed E-state index contributed by atoms with van der Waals surface area (Å²) >= 11 is 5.73. The molecule has 0 amide bonds. The van der Waals surface area contributed by atoms with Crippen molar-refractivity contribution >= 4 is 28.9 Å². The van der Waals surface area contributed by atoms with Crippen molar-refractivity contribution in [3.8, 4) is 0 Å². The minimum Gasteiger partial charge on any atom is -0.337 e. The zero-order chi connectivity index (χ0) is 13.8. The molecule has 1 aromatic carbocycles. The van der Waals surface area contributed by atoms with Crippen LogP contribution in [0, 0.1) is 6.92 Å². The first-order valence-electron chi connectivity index (χ1n) is 6.25. The molecule has 0 saturated carbocycles. The monoisotopic (exact) mass is 304 g/mol. The second-order valence-electron chi connectivity index (χ2n) is 4.41. The molecule has 0 aliphatic carbocycles. The Morgan fingerprint density at radius 3 is 2.28 bits per heavy atom. The maximum Gasteiger partial charge on any atom is 0.246 e. The normalized spacial score (nSPS) is 11.8. The summed E-state index contributed by atoms with van der Waals surface area (Å²) in [7, 11) is 0. The van der Waals surface area contributed by atoms with E-state index in [1.165, 1.54) is 11.1 Å². The fraction of sp³-hybridized carbons (Fsp3) is 0.538. The molecule has 1 rings (SSSR count). The third-order valence-corrected chi connectivity index (χ3v) is 5.73. The van der Waals surface area contributed by atoms with Crippen LogP contribution in [-0.4, -0.2) is 9.79 Å². The molecule has 2 N–H and O–H groups in total. The highest BCUT2D eigenvalue weighted by Crippen LogP contribution is 2.56. The third-order valence-electron chi connectivity index (χ3n) is 2.88.